The smallest absolute Gasteiger partial charge is 0.407 e. The van der Waals surface area contributed by atoms with Gasteiger partial charge in [-0.3, -0.25) is 0 Å². The number of amides is 1. The van der Waals surface area contributed by atoms with Crippen LogP contribution in [0.2, 0.25) is 0 Å². The topological polar surface area (TPSA) is 64.3 Å². The molecule has 4 nitrogen and oxygen atoms in total. The van der Waals surface area contributed by atoms with E-state index in [0.29, 0.717) is 17.9 Å². The molecule has 2 atom stereocenters. The highest BCUT2D eigenvalue weighted by Gasteiger charge is 2.30. The first-order valence-electron chi connectivity index (χ1n) is 7.81. The fraction of sp³-hybridized carbons (Fsp3) is 0.938. The van der Waals surface area contributed by atoms with Crippen LogP contribution in [0.3, 0.4) is 0 Å². The SMILES string of the molecule is CC1(C)CCCC(CC(CN)NC(=O)OC(C)(C)C)C1. The monoisotopic (exact) mass is 284 g/mol. The standard InChI is InChI=1S/C16H32N2O2/c1-15(2,3)20-14(19)18-13(11-17)9-12-7-6-8-16(4,5)10-12/h12-13H,6-11,17H2,1-5H3,(H,18,19). The van der Waals surface area contributed by atoms with Crippen molar-refractivity contribution in [2.75, 3.05) is 6.54 Å². The Bertz CT molecular complexity index is 321. The van der Waals surface area contributed by atoms with Gasteiger partial charge in [0.2, 0.25) is 0 Å². The molecule has 0 radical (unpaired) electrons. The van der Waals surface area contributed by atoms with Crippen molar-refractivity contribution >= 4 is 6.09 Å². The maximum Gasteiger partial charge on any atom is 0.407 e. The molecule has 20 heavy (non-hydrogen) atoms. The summed E-state index contributed by atoms with van der Waals surface area (Å²) in [5.74, 6) is 0.655. The Morgan fingerprint density at radius 1 is 1.45 bits per heavy atom. The minimum Gasteiger partial charge on any atom is -0.444 e. The molecule has 1 rings (SSSR count). The lowest BCUT2D eigenvalue weighted by atomic mass is 9.70. The molecule has 0 spiro atoms. The van der Waals surface area contributed by atoms with E-state index in [1.807, 2.05) is 20.8 Å². The Kier molecular flexibility index (Phi) is 5.87. The molecule has 0 heterocycles. The van der Waals surface area contributed by atoms with Gasteiger partial charge >= 0.3 is 6.09 Å². The maximum atomic E-state index is 11.8. The number of hydrogen-bond donors (Lipinski definition) is 2. The van der Waals surface area contributed by atoms with Gasteiger partial charge in [-0.15, -0.1) is 0 Å². The predicted molar refractivity (Wildman–Crippen MR) is 82.6 cm³/mol. The first-order chi connectivity index (χ1) is 9.11. The molecule has 0 aromatic heterocycles. The Hall–Kier alpha value is -0.770. The van der Waals surface area contributed by atoms with Crippen LogP contribution < -0.4 is 11.1 Å². The molecule has 2 unspecified atom stereocenters. The summed E-state index contributed by atoms with van der Waals surface area (Å²) in [5, 5.41) is 2.91. The molecule has 0 aromatic carbocycles. The van der Waals surface area contributed by atoms with Gasteiger partial charge in [-0.1, -0.05) is 26.7 Å². The molecule has 3 N–H and O–H groups in total. The molecule has 118 valence electrons. The molecule has 1 fully saturated rings. The van der Waals surface area contributed by atoms with E-state index >= 15 is 0 Å². The Balaban J connectivity index is 2.45. The van der Waals surface area contributed by atoms with Crippen molar-refractivity contribution in [2.24, 2.45) is 17.1 Å². The van der Waals surface area contributed by atoms with Crippen LogP contribution in [0.1, 0.15) is 66.7 Å². The second-order valence-corrected chi connectivity index (χ2v) is 7.94. The van der Waals surface area contributed by atoms with E-state index in [2.05, 4.69) is 19.2 Å². The molecule has 1 aliphatic rings. The van der Waals surface area contributed by atoms with Crippen LogP contribution in [0.5, 0.6) is 0 Å². The summed E-state index contributed by atoms with van der Waals surface area (Å²) in [7, 11) is 0. The van der Waals surface area contributed by atoms with E-state index in [1.54, 1.807) is 0 Å². The third-order valence-electron chi connectivity index (χ3n) is 3.93. The molecule has 1 saturated carbocycles. The number of ether oxygens (including phenoxy) is 1. The number of alkyl carbamates (subject to hydrolysis) is 1. The van der Waals surface area contributed by atoms with E-state index in [1.165, 1.54) is 25.7 Å². The van der Waals surface area contributed by atoms with Gasteiger partial charge in [0.1, 0.15) is 5.60 Å². The van der Waals surface area contributed by atoms with Gasteiger partial charge in [0.25, 0.3) is 0 Å². The van der Waals surface area contributed by atoms with Crippen molar-refractivity contribution in [3.8, 4) is 0 Å². The molecule has 1 amide bonds. The van der Waals surface area contributed by atoms with E-state index in [0.717, 1.165) is 6.42 Å². The van der Waals surface area contributed by atoms with Gasteiger partial charge in [-0.05, 0) is 51.4 Å². The van der Waals surface area contributed by atoms with Crippen LogP contribution in [-0.2, 0) is 4.74 Å². The minimum absolute atomic E-state index is 0.0174. The normalized spacial score (nSPS) is 24.0. The van der Waals surface area contributed by atoms with E-state index in [9.17, 15) is 4.79 Å². The van der Waals surface area contributed by atoms with Crippen LogP contribution in [0.4, 0.5) is 4.79 Å². The van der Waals surface area contributed by atoms with E-state index < -0.39 is 5.60 Å². The fourth-order valence-corrected chi connectivity index (χ4v) is 3.15. The number of hydrogen-bond acceptors (Lipinski definition) is 3. The number of nitrogens with two attached hydrogens (primary N) is 1. The largest absolute Gasteiger partial charge is 0.444 e. The number of rotatable bonds is 4. The predicted octanol–water partition coefficient (Wildman–Crippen LogP) is 3.44. The van der Waals surface area contributed by atoms with Crippen molar-refractivity contribution in [2.45, 2.75) is 78.4 Å². The second kappa shape index (κ2) is 6.79. The third kappa shape index (κ3) is 6.60. The molecule has 4 heteroatoms. The van der Waals surface area contributed by atoms with Crippen molar-refractivity contribution < 1.29 is 9.53 Å². The molecule has 0 aromatic rings. The summed E-state index contributed by atoms with van der Waals surface area (Å²) in [4.78, 5) is 11.8. The minimum atomic E-state index is -0.462. The molecular weight excluding hydrogens is 252 g/mol. The Morgan fingerprint density at radius 3 is 2.60 bits per heavy atom. The van der Waals surface area contributed by atoms with E-state index in [-0.39, 0.29) is 12.1 Å². The van der Waals surface area contributed by atoms with Crippen LogP contribution in [0.15, 0.2) is 0 Å². The molecule has 0 bridgehead atoms. The summed E-state index contributed by atoms with van der Waals surface area (Å²) >= 11 is 0. The van der Waals surface area contributed by atoms with Gasteiger partial charge in [0, 0.05) is 12.6 Å². The lowest BCUT2D eigenvalue weighted by Gasteiger charge is -2.36. The van der Waals surface area contributed by atoms with E-state index in [4.69, 9.17) is 10.5 Å². The average Bonchev–Trinajstić information content (AvgIpc) is 2.24. The van der Waals surface area contributed by atoms with Gasteiger partial charge in [0.15, 0.2) is 0 Å². The first-order valence-corrected chi connectivity index (χ1v) is 7.81. The highest BCUT2D eigenvalue weighted by molar-refractivity contribution is 5.68. The Morgan fingerprint density at radius 2 is 2.10 bits per heavy atom. The summed E-state index contributed by atoms with van der Waals surface area (Å²) in [6.45, 7) is 10.7. The van der Waals surface area contributed by atoms with Crippen molar-refractivity contribution in [3.63, 3.8) is 0 Å². The fourth-order valence-electron chi connectivity index (χ4n) is 3.15. The summed E-state index contributed by atoms with van der Waals surface area (Å²) in [6, 6.07) is 0.0174. The number of carbonyl (C=O) groups excluding carboxylic acids is 1. The lowest BCUT2D eigenvalue weighted by molar-refractivity contribution is 0.0492. The highest BCUT2D eigenvalue weighted by Crippen LogP contribution is 2.40. The average molecular weight is 284 g/mol. The zero-order chi connectivity index (χ0) is 15.4. The second-order valence-electron chi connectivity index (χ2n) is 7.94. The zero-order valence-corrected chi connectivity index (χ0v) is 13.8. The molecule has 0 saturated heterocycles. The molecule has 1 aliphatic carbocycles. The summed E-state index contributed by atoms with van der Waals surface area (Å²) in [5.41, 5.74) is 5.76. The van der Waals surface area contributed by atoms with Crippen molar-refractivity contribution in [1.82, 2.24) is 5.32 Å². The summed E-state index contributed by atoms with van der Waals surface area (Å²) in [6.07, 6.45) is 5.65. The van der Waals surface area contributed by atoms with Gasteiger partial charge in [-0.2, -0.15) is 0 Å². The highest BCUT2D eigenvalue weighted by atomic mass is 16.6. The summed E-state index contributed by atoms with van der Waals surface area (Å²) < 4.78 is 5.29. The number of carbonyl (C=O) groups is 1. The van der Waals surface area contributed by atoms with Crippen molar-refractivity contribution in [1.29, 1.82) is 0 Å². The van der Waals surface area contributed by atoms with Crippen LogP contribution in [-0.4, -0.2) is 24.3 Å². The quantitative estimate of drug-likeness (QED) is 0.831. The third-order valence-corrected chi connectivity index (χ3v) is 3.93. The van der Waals surface area contributed by atoms with Crippen molar-refractivity contribution in [3.05, 3.63) is 0 Å². The maximum absolute atomic E-state index is 11.8. The van der Waals surface area contributed by atoms with Crippen LogP contribution in [0.25, 0.3) is 0 Å². The zero-order valence-electron chi connectivity index (χ0n) is 13.8. The van der Waals surface area contributed by atoms with Gasteiger partial charge in [0.05, 0.1) is 0 Å². The van der Waals surface area contributed by atoms with Crippen LogP contribution in [0, 0.1) is 11.3 Å². The van der Waals surface area contributed by atoms with Crippen LogP contribution >= 0.6 is 0 Å². The van der Waals surface area contributed by atoms with Gasteiger partial charge in [-0.25, -0.2) is 4.79 Å². The Labute approximate surface area is 123 Å². The van der Waals surface area contributed by atoms with Gasteiger partial charge < -0.3 is 15.8 Å². The lowest BCUT2D eigenvalue weighted by Crippen LogP contribution is -2.44. The molecular formula is C16H32N2O2. The first kappa shape index (κ1) is 17.3. The number of nitrogens with one attached hydrogen (secondary N) is 1. The molecule has 0 aliphatic heterocycles.